The summed E-state index contributed by atoms with van der Waals surface area (Å²) < 4.78 is 40.0. The highest BCUT2D eigenvalue weighted by Crippen LogP contribution is 2.32. The van der Waals surface area contributed by atoms with Crippen LogP contribution in [0, 0.1) is 0 Å². The van der Waals surface area contributed by atoms with E-state index in [9.17, 15) is 18.0 Å². The Morgan fingerprint density at radius 1 is 0.973 bits per heavy atom. The maximum absolute atomic E-state index is 13.8. The van der Waals surface area contributed by atoms with Crippen LogP contribution in [0.3, 0.4) is 0 Å². The van der Waals surface area contributed by atoms with Crippen LogP contribution in [0.1, 0.15) is 12.0 Å². The zero-order chi connectivity index (χ0) is 26.7. The number of ether oxygens (including phenoxy) is 2. The van der Waals surface area contributed by atoms with Crippen molar-refractivity contribution in [3.05, 3.63) is 81.8 Å². The maximum Gasteiger partial charge on any atom is 0.252 e. The molecule has 2 amide bonds. The summed E-state index contributed by atoms with van der Waals surface area (Å²) in [6.07, 6.45) is -0.00181. The summed E-state index contributed by atoms with van der Waals surface area (Å²) in [4.78, 5) is 27.5. The second kappa shape index (κ2) is 11.2. The lowest BCUT2D eigenvalue weighted by Crippen LogP contribution is -2.46. The largest absolute Gasteiger partial charge is 0.493 e. The highest BCUT2D eigenvalue weighted by molar-refractivity contribution is 9.10. The minimum absolute atomic E-state index is 0.0215. The van der Waals surface area contributed by atoms with E-state index in [0.29, 0.717) is 26.7 Å². The molecular formula is C26H24BrClN2O6S. The monoisotopic (exact) mass is 606 g/mol. The number of hydrogen-bond acceptors (Lipinski definition) is 6. The van der Waals surface area contributed by atoms with E-state index < -0.39 is 27.9 Å². The van der Waals surface area contributed by atoms with Crippen molar-refractivity contribution in [2.75, 3.05) is 25.7 Å². The van der Waals surface area contributed by atoms with Gasteiger partial charge in [-0.15, -0.1) is 0 Å². The fourth-order valence-corrected chi connectivity index (χ4v) is 6.14. The number of anilines is 1. The van der Waals surface area contributed by atoms with E-state index in [-0.39, 0.29) is 24.3 Å². The lowest BCUT2D eigenvalue weighted by Gasteiger charge is -2.27. The van der Waals surface area contributed by atoms with Crippen LogP contribution in [-0.2, 0) is 26.0 Å². The first kappa shape index (κ1) is 27.1. The van der Waals surface area contributed by atoms with Gasteiger partial charge in [0.05, 0.1) is 31.2 Å². The average Bonchev–Trinajstić information content (AvgIpc) is 3.17. The van der Waals surface area contributed by atoms with Gasteiger partial charge in [0, 0.05) is 16.0 Å². The van der Waals surface area contributed by atoms with E-state index in [2.05, 4.69) is 15.9 Å². The molecule has 8 nitrogen and oxygen atoms in total. The normalized spacial score (nSPS) is 15.9. The molecule has 1 unspecified atom stereocenters. The lowest BCUT2D eigenvalue weighted by molar-refractivity contribution is -0.122. The Hall–Kier alpha value is -2.92. The van der Waals surface area contributed by atoms with Gasteiger partial charge in [-0.1, -0.05) is 33.6 Å². The van der Waals surface area contributed by atoms with Crippen LogP contribution in [0.2, 0.25) is 5.02 Å². The van der Waals surface area contributed by atoms with E-state index in [1.165, 1.54) is 26.4 Å². The molecule has 0 bridgehead atoms. The Morgan fingerprint density at radius 3 is 2.24 bits per heavy atom. The van der Waals surface area contributed by atoms with Crippen molar-refractivity contribution in [3.63, 3.8) is 0 Å². The second-order valence-corrected chi connectivity index (χ2v) is 11.5. The van der Waals surface area contributed by atoms with Gasteiger partial charge in [-0.2, -0.15) is 4.31 Å². The first-order valence-corrected chi connectivity index (χ1v) is 13.9. The number of rotatable bonds is 9. The van der Waals surface area contributed by atoms with Crippen LogP contribution in [0.5, 0.6) is 11.5 Å². The van der Waals surface area contributed by atoms with Gasteiger partial charge >= 0.3 is 0 Å². The van der Waals surface area contributed by atoms with Crippen molar-refractivity contribution < 1.29 is 27.5 Å². The van der Waals surface area contributed by atoms with Crippen molar-refractivity contribution in [3.8, 4) is 11.5 Å². The van der Waals surface area contributed by atoms with E-state index in [1.54, 1.807) is 54.6 Å². The number of halogens is 2. The van der Waals surface area contributed by atoms with Crippen LogP contribution < -0.4 is 14.4 Å². The van der Waals surface area contributed by atoms with Crippen LogP contribution in [0.25, 0.3) is 0 Å². The highest BCUT2D eigenvalue weighted by atomic mass is 79.9. The predicted octanol–water partition coefficient (Wildman–Crippen LogP) is 4.69. The topological polar surface area (TPSA) is 93.2 Å². The van der Waals surface area contributed by atoms with Crippen molar-refractivity contribution in [2.24, 2.45) is 0 Å². The van der Waals surface area contributed by atoms with Gasteiger partial charge in [0.15, 0.2) is 11.5 Å². The molecular weight excluding hydrogens is 584 g/mol. The van der Waals surface area contributed by atoms with Gasteiger partial charge in [0.25, 0.3) is 5.91 Å². The van der Waals surface area contributed by atoms with Crippen LogP contribution in [-0.4, -0.2) is 51.3 Å². The number of hydrogen-bond donors (Lipinski definition) is 0. The van der Waals surface area contributed by atoms with Gasteiger partial charge in [-0.25, -0.2) is 13.3 Å². The molecule has 1 aliphatic heterocycles. The number of benzene rings is 3. The molecule has 0 spiro atoms. The molecule has 0 radical (unpaired) electrons. The van der Waals surface area contributed by atoms with Crippen LogP contribution in [0.4, 0.5) is 5.69 Å². The Balaban J connectivity index is 1.69. The summed E-state index contributed by atoms with van der Waals surface area (Å²) in [5.41, 5.74) is 1.11. The van der Waals surface area contributed by atoms with Gasteiger partial charge in [0.1, 0.15) is 6.04 Å². The molecule has 194 valence electrons. The number of nitrogens with zero attached hydrogens (tertiary/aromatic N) is 2. The standard InChI is InChI=1S/C26H24BrClN2O6S/c1-35-23-12-3-17(15-24(23)36-2)13-14-29(37(33,34)21-10-4-18(27)5-11-21)22-16-25(31)30(26(22)32)20-8-6-19(28)7-9-20/h3-12,15,22H,13-14,16H2,1-2H3. The Morgan fingerprint density at radius 2 is 1.62 bits per heavy atom. The third-order valence-corrected chi connectivity index (χ3v) is 8.75. The molecule has 4 rings (SSSR count). The zero-order valence-corrected chi connectivity index (χ0v) is 23.2. The number of methoxy groups -OCH3 is 2. The van der Waals surface area contributed by atoms with E-state index in [1.807, 2.05) is 0 Å². The highest BCUT2D eigenvalue weighted by Gasteiger charge is 2.46. The summed E-state index contributed by atoms with van der Waals surface area (Å²) in [6, 6.07) is 16.5. The molecule has 0 saturated carbocycles. The number of sulfonamides is 1. The predicted molar refractivity (Wildman–Crippen MR) is 144 cm³/mol. The SMILES string of the molecule is COc1ccc(CCN(C2CC(=O)N(c3ccc(Cl)cc3)C2=O)S(=O)(=O)c2ccc(Br)cc2)cc1OC. The Kier molecular flexibility index (Phi) is 8.23. The maximum atomic E-state index is 13.8. The quantitative estimate of drug-likeness (QED) is 0.328. The van der Waals surface area contributed by atoms with Gasteiger partial charge in [0.2, 0.25) is 15.9 Å². The summed E-state index contributed by atoms with van der Waals surface area (Å²) in [7, 11) is -1.09. The fraction of sp³-hybridized carbons (Fsp3) is 0.231. The lowest BCUT2D eigenvalue weighted by atomic mass is 10.1. The van der Waals surface area contributed by atoms with Crippen molar-refractivity contribution in [2.45, 2.75) is 23.8 Å². The minimum Gasteiger partial charge on any atom is -0.493 e. The number of carbonyl (C=O) groups excluding carboxylic acids is 2. The summed E-state index contributed by atoms with van der Waals surface area (Å²) in [5, 5.41) is 0.453. The summed E-state index contributed by atoms with van der Waals surface area (Å²) in [5.74, 6) is -0.0520. The van der Waals surface area contributed by atoms with Crippen molar-refractivity contribution in [1.82, 2.24) is 4.31 Å². The Bertz CT molecular complexity index is 1410. The summed E-state index contributed by atoms with van der Waals surface area (Å²) >= 11 is 9.27. The van der Waals surface area contributed by atoms with Crippen LogP contribution >= 0.6 is 27.5 Å². The third-order valence-electron chi connectivity index (χ3n) is 6.04. The molecule has 0 aliphatic carbocycles. The molecule has 1 saturated heterocycles. The first-order valence-electron chi connectivity index (χ1n) is 11.3. The van der Waals surface area contributed by atoms with E-state index >= 15 is 0 Å². The zero-order valence-electron chi connectivity index (χ0n) is 20.1. The molecule has 3 aromatic carbocycles. The molecule has 1 aliphatic rings. The van der Waals surface area contributed by atoms with Gasteiger partial charge in [-0.3, -0.25) is 9.59 Å². The smallest absolute Gasteiger partial charge is 0.252 e. The minimum atomic E-state index is -4.13. The van der Waals surface area contributed by atoms with Crippen molar-refractivity contribution in [1.29, 1.82) is 0 Å². The first-order chi connectivity index (χ1) is 17.6. The second-order valence-electron chi connectivity index (χ2n) is 8.27. The summed E-state index contributed by atoms with van der Waals surface area (Å²) in [6.45, 7) is -0.0357. The number of carbonyl (C=O) groups is 2. The van der Waals surface area contributed by atoms with Gasteiger partial charge < -0.3 is 9.47 Å². The van der Waals surface area contributed by atoms with Gasteiger partial charge in [-0.05, 0) is 72.6 Å². The molecule has 1 atom stereocenters. The van der Waals surface area contributed by atoms with Crippen LogP contribution in [0.15, 0.2) is 76.1 Å². The third kappa shape index (κ3) is 5.67. The van der Waals surface area contributed by atoms with E-state index in [0.717, 1.165) is 14.8 Å². The fourth-order valence-electron chi connectivity index (χ4n) is 4.16. The molecule has 1 fully saturated rings. The molecule has 1 heterocycles. The molecule has 3 aromatic rings. The average molecular weight is 608 g/mol. The van der Waals surface area contributed by atoms with E-state index in [4.69, 9.17) is 21.1 Å². The number of imide groups is 1. The Labute approximate surface area is 228 Å². The molecule has 0 N–H and O–H groups in total. The molecule has 0 aromatic heterocycles. The number of amides is 2. The molecule has 11 heteroatoms. The molecule has 37 heavy (non-hydrogen) atoms. The van der Waals surface area contributed by atoms with Crippen molar-refractivity contribution >= 4 is 55.1 Å².